The summed E-state index contributed by atoms with van der Waals surface area (Å²) in [5, 5.41) is 21.6. The molecule has 2 aromatic carbocycles. The molecule has 1 N–H and O–H groups in total. The molecule has 0 aliphatic carbocycles. The normalized spacial score (nSPS) is 14.9. The maximum absolute atomic E-state index is 12.1. The lowest BCUT2D eigenvalue weighted by molar-refractivity contribution is 0.209. The lowest BCUT2D eigenvalue weighted by atomic mass is 9.80. The first-order valence-corrected chi connectivity index (χ1v) is 9.22. The van der Waals surface area contributed by atoms with Gasteiger partial charge in [-0.1, -0.05) is 12.1 Å². The third-order valence-corrected chi connectivity index (χ3v) is 5.12. The quantitative estimate of drug-likeness (QED) is 0.821. The van der Waals surface area contributed by atoms with Crippen molar-refractivity contribution in [1.82, 2.24) is 4.90 Å². The zero-order valence-corrected chi connectivity index (χ0v) is 16.0. The van der Waals surface area contributed by atoms with Gasteiger partial charge < -0.3 is 15.0 Å². The number of anilines is 1. The summed E-state index contributed by atoms with van der Waals surface area (Å²) in [6.45, 7) is 5.40. The molecule has 1 aliphatic heterocycles. The summed E-state index contributed by atoms with van der Waals surface area (Å²) in [6, 6.07) is 17.1. The molecule has 2 aromatic rings. The number of hydrogen-bond donors (Lipinski definition) is 1. The summed E-state index contributed by atoms with van der Waals surface area (Å²) in [5.74, 6) is 0.664. The highest BCUT2D eigenvalue weighted by Gasteiger charge is 2.29. The van der Waals surface area contributed by atoms with Crippen LogP contribution in [0.5, 0.6) is 5.75 Å². The van der Waals surface area contributed by atoms with Gasteiger partial charge in [0, 0.05) is 25.2 Å². The molecule has 28 heavy (non-hydrogen) atoms. The zero-order chi connectivity index (χ0) is 20.1. The van der Waals surface area contributed by atoms with Crippen LogP contribution in [-0.2, 0) is 12.0 Å². The van der Waals surface area contributed by atoms with Crippen molar-refractivity contribution in [2.24, 2.45) is 0 Å². The van der Waals surface area contributed by atoms with Crippen LogP contribution in [0.1, 0.15) is 37.0 Å². The minimum absolute atomic E-state index is 0.116. The first-order chi connectivity index (χ1) is 13.5. The van der Waals surface area contributed by atoms with Gasteiger partial charge >= 0.3 is 6.03 Å². The predicted molar refractivity (Wildman–Crippen MR) is 106 cm³/mol. The summed E-state index contributed by atoms with van der Waals surface area (Å²) in [7, 11) is 0. The van der Waals surface area contributed by atoms with Crippen LogP contribution in [-0.4, -0.2) is 24.1 Å². The Hall–Kier alpha value is -3.51. The van der Waals surface area contributed by atoms with Crippen molar-refractivity contribution < 1.29 is 9.53 Å². The van der Waals surface area contributed by atoms with Crippen LogP contribution in [0.4, 0.5) is 10.5 Å². The van der Waals surface area contributed by atoms with Gasteiger partial charge in [0.05, 0.1) is 29.7 Å². The van der Waals surface area contributed by atoms with Gasteiger partial charge in [-0.25, -0.2) is 4.79 Å². The number of rotatable bonds is 6. The van der Waals surface area contributed by atoms with Crippen molar-refractivity contribution >= 4 is 11.7 Å². The third kappa shape index (κ3) is 3.92. The minimum atomic E-state index is -0.742. The predicted octanol–water partition coefficient (Wildman–Crippen LogP) is 4.18. The molecule has 1 aliphatic rings. The standard InChI is InChI=1S/C22H22N4O2/c1-3-26-14-17-6-7-18(12-20(17)25-21(26)27)22(2,15-24)10-11-28-19-8-4-16(13-23)5-9-19/h4-9,12H,3,10-11,14H2,1-2H3,(H,25,27). The molecule has 0 fully saturated rings. The van der Waals surface area contributed by atoms with E-state index in [0.717, 1.165) is 16.8 Å². The van der Waals surface area contributed by atoms with Gasteiger partial charge in [0.15, 0.2) is 0 Å². The smallest absolute Gasteiger partial charge is 0.322 e. The molecule has 3 rings (SSSR count). The fourth-order valence-electron chi connectivity index (χ4n) is 3.16. The Bertz CT molecular complexity index is 956. The summed E-state index contributed by atoms with van der Waals surface area (Å²) in [6.07, 6.45) is 0.497. The van der Waals surface area contributed by atoms with Crippen molar-refractivity contribution in [3.8, 4) is 17.9 Å². The first-order valence-electron chi connectivity index (χ1n) is 9.22. The highest BCUT2D eigenvalue weighted by molar-refractivity contribution is 5.92. The van der Waals surface area contributed by atoms with Crippen molar-refractivity contribution in [3.05, 3.63) is 59.2 Å². The second kappa shape index (κ2) is 8.02. The lowest BCUT2D eigenvalue weighted by Gasteiger charge is -2.30. The summed E-state index contributed by atoms with van der Waals surface area (Å²) >= 11 is 0. The molecule has 0 spiro atoms. The lowest BCUT2D eigenvalue weighted by Crippen LogP contribution is -2.38. The van der Waals surface area contributed by atoms with Crippen molar-refractivity contribution in [1.29, 1.82) is 10.5 Å². The average Bonchev–Trinajstić information content (AvgIpc) is 2.73. The molecular formula is C22H22N4O2. The number of urea groups is 1. The summed E-state index contributed by atoms with van der Waals surface area (Å²) in [5.41, 5.74) is 2.49. The molecule has 1 unspecified atom stereocenters. The minimum Gasteiger partial charge on any atom is -0.494 e. The van der Waals surface area contributed by atoms with Crippen LogP contribution in [0.3, 0.4) is 0 Å². The van der Waals surface area contributed by atoms with Crippen LogP contribution in [0.15, 0.2) is 42.5 Å². The largest absolute Gasteiger partial charge is 0.494 e. The number of carbonyl (C=O) groups excluding carboxylic acids is 1. The molecular weight excluding hydrogens is 352 g/mol. The molecule has 6 nitrogen and oxygen atoms in total. The number of carbonyl (C=O) groups is 1. The number of hydrogen-bond acceptors (Lipinski definition) is 4. The van der Waals surface area contributed by atoms with E-state index < -0.39 is 5.41 Å². The molecule has 0 bridgehead atoms. The molecule has 2 amide bonds. The molecule has 0 aromatic heterocycles. The van der Waals surface area contributed by atoms with Crippen LogP contribution < -0.4 is 10.1 Å². The Balaban J connectivity index is 1.71. The molecule has 0 saturated carbocycles. The van der Waals surface area contributed by atoms with E-state index in [1.165, 1.54) is 0 Å². The molecule has 0 radical (unpaired) electrons. The fraction of sp³-hybridized carbons (Fsp3) is 0.318. The molecule has 142 valence electrons. The highest BCUT2D eigenvalue weighted by atomic mass is 16.5. The molecule has 1 heterocycles. The summed E-state index contributed by atoms with van der Waals surface area (Å²) in [4.78, 5) is 13.8. The Kier molecular flexibility index (Phi) is 5.52. The van der Waals surface area contributed by atoms with Gasteiger partial charge in [-0.05, 0) is 55.3 Å². The van der Waals surface area contributed by atoms with Crippen molar-refractivity contribution in [2.45, 2.75) is 32.2 Å². The Morgan fingerprint density at radius 2 is 1.96 bits per heavy atom. The van der Waals surface area contributed by atoms with E-state index in [2.05, 4.69) is 17.5 Å². The molecule has 1 atom stereocenters. The number of amides is 2. The zero-order valence-electron chi connectivity index (χ0n) is 16.0. The topological polar surface area (TPSA) is 89.2 Å². The average molecular weight is 374 g/mol. The fourth-order valence-corrected chi connectivity index (χ4v) is 3.16. The number of nitrogens with one attached hydrogen (secondary N) is 1. The second-order valence-corrected chi connectivity index (χ2v) is 6.99. The van der Waals surface area contributed by atoms with Crippen LogP contribution in [0, 0.1) is 22.7 Å². The number of nitrogens with zero attached hydrogens (tertiary/aromatic N) is 3. The van der Waals surface area contributed by atoms with Gasteiger partial charge in [0.25, 0.3) is 0 Å². The van der Waals surface area contributed by atoms with E-state index in [1.54, 1.807) is 29.2 Å². The van der Waals surface area contributed by atoms with Crippen LogP contribution in [0.2, 0.25) is 0 Å². The first kappa shape index (κ1) is 19.3. The van der Waals surface area contributed by atoms with Gasteiger partial charge in [0.1, 0.15) is 5.75 Å². The maximum Gasteiger partial charge on any atom is 0.322 e. The number of nitriles is 2. The van der Waals surface area contributed by atoms with E-state index in [9.17, 15) is 10.1 Å². The number of ether oxygens (including phenoxy) is 1. The van der Waals surface area contributed by atoms with Crippen molar-refractivity contribution in [3.63, 3.8) is 0 Å². The van der Waals surface area contributed by atoms with E-state index >= 15 is 0 Å². The number of fused-ring (bicyclic) bond motifs is 1. The molecule has 6 heteroatoms. The van der Waals surface area contributed by atoms with E-state index in [0.29, 0.717) is 37.4 Å². The third-order valence-electron chi connectivity index (χ3n) is 5.12. The van der Waals surface area contributed by atoms with E-state index in [-0.39, 0.29) is 6.03 Å². The maximum atomic E-state index is 12.1. The van der Waals surface area contributed by atoms with Crippen LogP contribution >= 0.6 is 0 Å². The number of benzene rings is 2. The SMILES string of the molecule is CCN1Cc2ccc(C(C)(C#N)CCOc3ccc(C#N)cc3)cc2NC1=O. The monoisotopic (exact) mass is 374 g/mol. The van der Waals surface area contributed by atoms with E-state index in [1.807, 2.05) is 32.0 Å². The van der Waals surface area contributed by atoms with Gasteiger partial charge in [-0.15, -0.1) is 0 Å². The van der Waals surface area contributed by atoms with Gasteiger partial charge in [0.2, 0.25) is 0 Å². The van der Waals surface area contributed by atoms with Crippen LogP contribution in [0.25, 0.3) is 0 Å². The molecule has 0 saturated heterocycles. The van der Waals surface area contributed by atoms with E-state index in [4.69, 9.17) is 10.00 Å². The van der Waals surface area contributed by atoms with Gasteiger partial charge in [-0.2, -0.15) is 10.5 Å². The Morgan fingerprint density at radius 3 is 2.61 bits per heavy atom. The highest BCUT2D eigenvalue weighted by Crippen LogP contribution is 2.33. The van der Waals surface area contributed by atoms with Gasteiger partial charge in [-0.3, -0.25) is 0 Å². The Morgan fingerprint density at radius 1 is 1.21 bits per heavy atom. The van der Waals surface area contributed by atoms with Crippen molar-refractivity contribution in [2.75, 3.05) is 18.5 Å². The Labute approximate surface area is 165 Å². The summed E-state index contributed by atoms with van der Waals surface area (Å²) < 4.78 is 5.75. The second-order valence-electron chi connectivity index (χ2n) is 6.99.